The van der Waals surface area contributed by atoms with Gasteiger partial charge in [0.15, 0.2) is 0 Å². The van der Waals surface area contributed by atoms with Gasteiger partial charge in [-0.25, -0.2) is 13.2 Å². The summed E-state index contributed by atoms with van der Waals surface area (Å²) in [4.78, 5) is 29.5. The lowest BCUT2D eigenvalue weighted by atomic mass is 9.96. The fourth-order valence-electron chi connectivity index (χ4n) is 5.01. The highest BCUT2D eigenvalue weighted by molar-refractivity contribution is 7.89. The molecule has 11 nitrogen and oxygen atoms in total. The third-order valence-electron chi connectivity index (χ3n) is 7.24. The molecule has 2 saturated heterocycles. The summed E-state index contributed by atoms with van der Waals surface area (Å²) in [6.45, 7) is 8.53. The highest BCUT2D eigenvalue weighted by Gasteiger charge is 2.28. The van der Waals surface area contributed by atoms with Crippen molar-refractivity contribution in [3.63, 3.8) is 0 Å². The first-order valence-electron chi connectivity index (χ1n) is 12.7. The summed E-state index contributed by atoms with van der Waals surface area (Å²) in [6.07, 6.45) is 0.961. The van der Waals surface area contributed by atoms with Crippen molar-refractivity contribution in [1.82, 2.24) is 19.0 Å². The van der Waals surface area contributed by atoms with E-state index in [0.29, 0.717) is 49.0 Å². The number of rotatable bonds is 10. The minimum atomic E-state index is -3.71. The normalized spacial score (nSPS) is 17.9. The van der Waals surface area contributed by atoms with Gasteiger partial charge in [0.25, 0.3) is 0 Å². The number of carbonyl (C=O) groups is 2. The molecule has 12 heteroatoms. The first kappa shape index (κ1) is 29.2. The molecule has 0 radical (unpaired) electrons. The molecule has 2 amide bonds. The number of piperazine rings is 1. The molecule has 0 aliphatic carbocycles. The van der Waals surface area contributed by atoms with Gasteiger partial charge in [-0.15, -0.1) is 0 Å². The Balaban J connectivity index is 1.37. The molecule has 1 N–H and O–H groups in total. The monoisotopic (exact) mass is 540 g/mol. The van der Waals surface area contributed by atoms with E-state index in [4.69, 9.17) is 14.6 Å². The highest BCUT2D eigenvalue weighted by Crippen LogP contribution is 2.27. The molecule has 1 aromatic carbocycles. The second-order valence-corrected chi connectivity index (χ2v) is 11.8. The van der Waals surface area contributed by atoms with E-state index >= 15 is 0 Å². The number of sulfonamides is 1. The number of methoxy groups -OCH3 is 1. The van der Waals surface area contributed by atoms with Gasteiger partial charge in [0.2, 0.25) is 15.9 Å². The van der Waals surface area contributed by atoms with E-state index in [9.17, 15) is 18.0 Å². The van der Waals surface area contributed by atoms with Crippen LogP contribution in [0.15, 0.2) is 17.0 Å². The zero-order valence-corrected chi connectivity index (χ0v) is 23.1. The number of aryl methyl sites for hydroxylation is 2. The van der Waals surface area contributed by atoms with Crippen molar-refractivity contribution < 1.29 is 32.6 Å². The van der Waals surface area contributed by atoms with Gasteiger partial charge < -0.3 is 24.4 Å². The van der Waals surface area contributed by atoms with Gasteiger partial charge in [-0.05, 0) is 55.9 Å². The molecule has 0 bridgehead atoms. The van der Waals surface area contributed by atoms with Crippen LogP contribution >= 0.6 is 0 Å². The molecule has 0 spiro atoms. The van der Waals surface area contributed by atoms with E-state index < -0.39 is 16.1 Å². The van der Waals surface area contributed by atoms with Crippen molar-refractivity contribution in [2.24, 2.45) is 5.92 Å². The second kappa shape index (κ2) is 12.9. The number of ether oxygens (including phenoxy) is 2. The van der Waals surface area contributed by atoms with Gasteiger partial charge in [0.05, 0.1) is 18.6 Å². The van der Waals surface area contributed by atoms with E-state index in [0.717, 1.165) is 32.5 Å². The Kier molecular flexibility index (Phi) is 10.2. The van der Waals surface area contributed by atoms with E-state index in [1.165, 1.54) is 16.3 Å². The number of hydrogen-bond donors (Lipinski definition) is 1. The molecule has 1 aromatic rings. The van der Waals surface area contributed by atoms with Crippen LogP contribution in [0.2, 0.25) is 0 Å². The molecule has 0 atom stereocenters. The molecule has 2 heterocycles. The van der Waals surface area contributed by atoms with Gasteiger partial charge in [0, 0.05) is 59.4 Å². The van der Waals surface area contributed by atoms with Gasteiger partial charge >= 0.3 is 6.09 Å². The number of piperidine rings is 1. The molecule has 0 unspecified atom stereocenters. The number of hydrogen-bond acceptors (Lipinski definition) is 7. The van der Waals surface area contributed by atoms with Gasteiger partial charge in [-0.1, -0.05) is 0 Å². The van der Waals surface area contributed by atoms with Crippen LogP contribution in [0, 0.1) is 19.8 Å². The third kappa shape index (κ3) is 7.56. The Morgan fingerprint density at radius 2 is 1.62 bits per heavy atom. The predicted octanol–water partition coefficient (Wildman–Crippen LogP) is 1.48. The van der Waals surface area contributed by atoms with Crippen LogP contribution in [-0.2, 0) is 19.6 Å². The molecule has 0 aromatic heterocycles. The number of benzene rings is 1. The molecule has 2 fully saturated rings. The second-order valence-electron chi connectivity index (χ2n) is 9.86. The molecular weight excluding hydrogens is 500 g/mol. The summed E-state index contributed by atoms with van der Waals surface area (Å²) in [5, 5.41) is 9.08. The van der Waals surface area contributed by atoms with Crippen molar-refractivity contribution in [1.29, 1.82) is 0 Å². The highest BCUT2D eigenvalue weighted by atomic mass is 32.2. The summed E-state index contributed by atoms with van der Waals surface area (Å²) in [6, 6.07) is 3.40. The van der Waals surface area contributed by atoms with Crippen molar-refractivity contribution in [3.05, 3.63) is 23.3 Å². The largest absolute Gasteiger partial charge is 0.497 e. The molecule has 2 aliphatic heterocycles. The van der Waals surface area contributed by atoms with Crippen LogP contribution < -0.4 is 4.74 Å². The maximum Gasteiger partial charge on any atom is 0.407 e. The first-order valence-corrected chi connectivity index (χ1v) is 14.1. The van der Waals surface area contributed by atoms with E-state index in [1.807, 2.05) is 4.90 Å². The number of amides is 2. The van der Waals surface area contributed by atoms with Crippen LogP contribution in [0.5, 0.6) is 5.75 Å². The van der Waals surface area contributed by atoms with Gasteiger partial charge in [-0.2, -0.15) is 4.31 Å². The molecule has 0 saturated carbocycles. The minimum Gasteiger partial charge on any atom is -0.497 e. The average Bonchev–Trinajstić information content (AvgIpc) is 2.86. The Bertz CT molecular complexity index is 1030. The number of nitrogens with zero attached hydrogens (tertiary/aromatic N) is 4. The summed E-state index contributed by atoms with van der Waals surface area (Å²) >= 11 is 0. The van der Waals surface area contributed by atoms with E-state index in [1.54, 1.807) is 33.1 Å². The zero-order chi connectivity index (χ0) is 27.2. The van der Waals surface area contributed by atoms with Crippen LogP contribution in [0.25, 0.3) is 0 Å². The molecule has 2 aliphatic rings. The minimum absolute atomic E-state index is 0.0731. The maximum absolute atomic E-state index is 13.1. The quantitative estimate of drug-likeness (QED) is 0.443. The smallest absolute Gasteiger partial charge is 0.407 e. The molecular formula is C25H40N4O7S. The maximum atomic E-state index is 13.1. The number of likely N-dealkylation sites (N-methyl/N-ethyl adjacent to an activating group) is 1. The molecule has 208 valence electrons. The summed E-state index contributed by atoms with van der Waals surface area (Å²) in [7, 11) is -0.651. The number of likely N-dealkylation sites (tertiary alicyclic amines) is 1. The van der Waals surface area contributed by atoms with Crippen LogP contribution in [0.1, 0.15) is 24.0 Å². The Hall–Kier alpha value is -2.41. The number of carboxylic acid groups (broad SMARTS) is 1. The topological polar surface area (TPSA) is 120 Å². The predicted molar refractivity (Wildman–Crippen MR) is 138 cm³/mol. The van der Waals surface area contributed by atoms with Crippen LogP contribution in [0.3, 0.4) is 0 Å². The number of carbonyl (C=O) groups excluding carboxylic acids is 1. The molecule has 37 heavy (non-hydrogen) atoms. The average molecular weight is 541 g/mol. The zero-order valence-electron chi connectivity index (χ0n) is 22.3. The van der Waals surface area contributed by atoms with Crippen LogP contribution in [-0.4, -0.2) is 124 Å². The van der Waals surface area contributed by atoms with E-state index in [-0.39, 0.29) is 30.6 Å². The lowest BCUT2D eigenvalue weighted by Crippen LogP contribution is -2.50. The van der Waals surface area contributed by atoms with Gasteiger partial charge in [-0.3, -0.25) is 9.69 Å². The first-order chi connectivity index (χ1) is 17.5. The Morgan fingerprint density at radius 1 is 1.03 bits per heavy atom. The fourth-order valence-corrected chi connectivity index (χ4v) is 6.57. The standard InChI is InChI=1S/C25H40N4O7S/c1-19-15-22(35-4)16-20(2)24(19)37(33,34)26(3)13-14-36-18-23(30)28-7-5-21(6-8-28)17-27-9-11-29(12-10-27)25(31)32/h15-16,21H,5-14,17-18H2,1-4H3,(H,31,32). The lowest BCUT2D eigenvalue weighted by molar-refractivity contribution is -0.137. The van der Waals surface area contributed by atoms with Crippen molar-refractivity contribution in [2.45, 2.75) is 31.6 Å². The van der Waals surface area contributed by atoms with Crippen molar-refractivity contribution in [2.75, 3.05) is 79.7 Å². The van der Waals surface area contributed by atoms with Crippen molar-refractivity contribution in [3.8, 4) is 5.75 Å². The fraction of sp³-hybridized carbons (Fsp3) is 0.680. The van der Waals surface area contributed by atoms with Crippen molar-refractivity contribution >= 4 is 22.0 Å². The van der Waals surface area contributed by atoms with Crippen LogP contribution in [0.4, 0.5) is 4.79 Å². The Labute approximate surface area is 219 Å². The summed E-state index contributed by atoms with van der Waals surface area (Å²) < 4.78 is 38.2. The molecule has 3 rings (SSSR count). The third-order valence-corrected chi connectivity index (χ3v) is 9.40. The summed E-state index contributed by atoms with van der Waals surface area (Å²) in [5.74, 6) is 1.02. The Morgan fingerprint density at radius 3 is 2.16 bits per heavy atom. The lowest BCUT2D eigenvalue weighted by Gasteiger charge is -2.38. The van der Waals surface area contributed by atoms with Gasteiger partial charge in [0.1, 0.15) is 12.4 Å². The SMILES string of the molecule is COc1cc(C)c(S(=O)(=O)N(C)CCOCC(=O)N2CCC(CN3CCN(C(=O)O)CC3)CC2)c(C)c1. The summed E-state index contributed by atoms with van der Waals surface area (Å²) in [5.41, 5.74) is 1.23. The van der Waals surface area contributed by atoms with E-state index in [2.05, 4.69) is 4.90 Å².